The van der Waals surface area contributed by atoms with Gasteiger partial charge in [-0.15, -0.1) is 0 Å². The van der Waals surface area contributed by atoms with Crippen molar-refractivity contribution in [2.24, 2.45) is 11.8 Å². The highest BCUT2D eigenvalue weighted by atomic mass is 16.6. The number of esters is 2. The minimum absolute atomic E-state index is 0.0329. The highest BCUT2D eigenvalue weighted by Crippen LogP contribution is 2.40. The van der Waals surface area contributed by atoms with E-state index >= 15 is 0 Å². The molecule has 4 aliphatic heterocycles. The molecule has 6 rings (SSSR count). The van der Waals surface area contributed by atoms with Crippen LogP contribution in [0.1, 0.15) is 70.6 Å². The predicted molar refractivity (Wildman–Crippen MR) is 144 cm³/mol. The van der Waals surface area contributed by atoms with Crippen LogP contribution in [-0.2, 0) is 38.1 Å². The Hall–Kier alpha value is -2.97. The molecule has 8 atom stereocenters. The van der Waals surface area contributed by atoms with Gasteiger partial charge in [0.05, 0.1) is 44.1 Å². The lowest BCUT2D eigenvalue weighted by atomic mass is 9.90. The third-order valence-electron chi connectivity index (χ3n) is 9.31. The summed E-state index contributed by atoms with van der Waals surface area (Å²) in [4.78, 5) is 66.5. The molecular formula is C29H41N3O11. The van der Waals surface area contributed by atoms with E-state index in [2.05, 4.69) is 0 Å². The average Bonchev–Trinajstić information content (AvgIpc) is 3.87. The molecule has 4 heterocycles. The third-order valence-corrected chi connectivity index (χ3v) is 9.31. The summed E-state index contributed by atoms with van der Waals surface area (Å²) >= 11 is 0. The van der Waals surface area contributed by atoms with Crippen molar-refractivity contribution in [1.29, 1.82) is 0 Å². The second-order valence-corrected chi connectivity index (χ2v) is 12.5. The zero-order valence-corrected chi connectivity index (χ0v) is 24.3. The van der Waals surface area contributed by atoms with E-state index in [1.54, 1.807) is 0 Å². The smallest absolute Gasteiger partial charge is 0.330 e. The minimum Gasteiger partial charge on any atom is -0.481 e. The van der Waals surface area contributed by atoms with Crippen molar-refractivity contribution in [2.45, 2.75) is 108 Å². The molecule has 0 spiro atoms. The molecule has 6 aliphatic rings. The summed E-state index contributed by atoms with van der Waals surface area (Å²) in [6, 6.07) is -1.26. The van der Waals surface area contributed by atoms with Gasteiger partial charge in [-0.05, 0) is 63.2 Å². The molecule has 6 fully saturated rings. The van der Waals surface area contributed by atoms with Gasteiger partial charge < -0.3 is 28.8 Å². The molecule has 0 radical (unpaired) electrons. The van der Waals surface area contributed by atoms with Crippen molar-refractivity contribution in [2.75, 3.05) is 32.8 Å². The first-order valence-corrected chi connectivity index (χ1v) is 15.6. The molecule has 0 aromatic heterocycles. The Morgan fingerprint density at radius 2 is 1.19 bits per heavy atom. The number of amides is 4. The summed E-state index contributed by atoms with van der Waals surface area (Å²) < 4.78 is 27.6. The van der Waals surface area contributed by atoms with Crippen LogP contribution in [0.5, 0.6) is 0 Å². The fourth-order valence-electron chi connectivity index (χ4n) is 6.63. The summed E-state index contributed by atoms with van der Waals surface area (Å²) in [5, 5.41) is 9.17. The number of hydrogen-bond donors (Lipinski definition) is 1. The fraction of sp³-hybridized carbons (Fsp3) is 0.828. The van der Waals surface area contributed by atoms with Crippen LogP contribution >= 0.6 is 0 Å². The van der Waals surface area contributed by atoms with E-state index in [-0.39, 0.29) is 57.2 Å². The Labute approximate surface area is 249 Å². The number of carbonyl (C=O) groups is 5. The third kappa shape index (κ3) is 7.58. The van der Waals surface area contributed by atoms with Crippen molar-refractivity contribution >= 4 is 30.0 Å². The van der Waals surface area contributed by atoms with Crippen molar-refractivity contribution < 1.29 is 52.8 Å². The largest absolute Gasteiger partial charge is 0.481 e. The predicted octanol–water partition coefficient (Wildman–Crippen LogP) is 2.08. The van der Waals surface area contributed by atoms with E-state index in [4.69, 9.17) is 28.8 Å². The van der Waals surface area contributed by atoms with Crippen LogP contribution in [0.2, 0.25) is 0 Å². The first kappa shape index (κ1) is 30.1. The highest BCUT2D eigenvalue weighted by molar-refractivity contribution is 5.95. The molecule has 14 nitrogen and oxygen atoms in total. The summed E-state index contributed by atoms with van der Waals surface area (Å²) in [6.07, 6.45) is 5.99. The van der Waals surface area contributed by atoms with Crippen molar-refractivity contribution in [3.8, 4) is 0 Å². The maximum Gasteiger partial charge on any atom is 0.330 e. The van der Waals surface area contributed by atoms with Crippen LogP contribution in [-0.4, -0.2) is 119 Å². The van der Waals surface area contributed by atoms with E-state index < -0.39 is 36.5 Å². The molecule has 238 valence electrons. The lowest BCUT2D eigenvalue weighted by Gasteiger charge is -2.28. The summed E-state index contributed by atoms with van der Waals surface area (Å²) in [6.45, 7) is 0.691. The highest BCUT2D eigenvalue weighted by Gasteiger charge is 2.56. The number of ether oxygens (including phenoxy) is 5. The molecule has 0 aromatic carbocycles. The SMILES string of the molecule is O=C(O)CCN1C(=O)N(CCCC(=O)OCC2CCC3OC3C2)C(=O)N(CCCC(=O)OCC2CCC3OC3C2)C2OC21. The number of carboxylic acids is 1. The van der Waals surface area contributed by atoms with Gasteiger partial charge in [0.2, 0.25) is 0 Å². The van der Waals surface area contributed by atoms with Gasteiger partial charge in [-0.1, -0.05) is 0 Å². The van der Waals surface area contributed by atoms with E-state index in [0.717, 1.165) is 43.4 Å². The average molecular weight is 608 g/mol. The lowest BCUT2D eigenvalue weighted by molar-refractivity contribution is -0.146. The topological polar surface area (TPSA) is 171 Å². The van der Waals surface area contributed by atoms with Crippen LogP contribution < -0.4 is 0 Å². The zero-order valence-electron chi connectivity index (χ0n) is 24.3. The van der Waals surface area contributed by atoms with E-state index in [1.807, 2.05) is 0 Å². The number of nitrogens with zero attached hydrogens (tertiary/aromatic N) is 3. The van der Waals surface area contributed by atoms with Gasteiger partial charge in [0.25, 0.3) is 0 Å². The van der Waals surface area contributed by atoms with Gasteiger partial charge in [-0.25, -0.2) is 14.5 Å². The van der Waals surface area contributed by atoms with Crippen LogP contribution in [0.3, 0.4) is 0 Å². The number of epoxide rings is 3. The first-order chi connectivity index (χ1) is 20.8. The molecule has 1 N–H and O–H groups in total. The van der Waals surface area contributed by atoms with Crippen LogP contribution in [0.15, 0.2) is 0 Å². The van der Waals surface area contributed by atoms with Crippen molar-refractivity contribution in [3.63, 3.8) is 0 Å². The maximum absolute atomic E-state index is 13.5. The quantitative estimate of drug-likeness (QED) is 0.213. The number of fused-ring (bicyclic) bond motifs is 3. The Bertz CT molecular complexity index is 1100. The molecule has 4 amide bonds. The van der Waals surface area contributed by atoms with Crippen LogP contribution in [0, 0.1) is 11.8 Å². The molecule has 43 heavy (non-hydrogen) atoms. The summed E-state index contributed by atoms with van der Waals surface area (Å²) in [5.41, 5.74) is 0. The fourth-order valence-corrected chi connectivity index (χ4v) is 6.63. The number of hydrogen-bond acceptors (Lipinski definition) is 10. The summed E-state index contributed by atoms with van der Waals surface area (Å²) in [5.74, 6) is -1.22. The van der Waals surface area contributed by atoms with Crippen LogP contribution in [0.25, 0.3) is 0 Å². The van der Waals surface area contributed by atoms with Gasteiger partial charge >= 0.3 is 30.0 Å². The number of carboxylic acid groups (broad SMARTS) is 1. The number of carbonyl (C=O) groups excluding carboxylic acids is 4. The molecule has 2 aliphatic carbocycles. The van der Waals surface area contributed by atoms with Crippen molar-refractivity contribution in [1.82, 2.24) is 14.7 Å². The number of rotatable bonds is 15. The van der Waals surface area contributed by atoms with Crippen LogP contribution in [0.4, 0.5) is 9.59 Å². The molecule has 0 aromatic rings. The van der Waals surface area contributed by atoms with E-state index in [0.29, 0.717) is 50.0 Å². The maximum atomic E-state index is 13.5. The molecule has 14 heteroatoms. The molecule has 0 bridgehead atoms. The Kier molecular flexibility index (Phi) is 9.05. The monoisotopic (exact) mass is 607 g/mol. The lowest BCUT2D eigenvalue weighted by Crippen LogP contribution is -2.49. The van der Waals surface area contributed by atoms with Gasteiger partial charge in [-0.2, -0.15) is 0 Å². The number of urea groups is 2. The second kappa shape index (κ2) is 12.9. The summed E-state index contributed by atoms with van der Waals surface area (Å²) in [7, 11) is 0. The van der Waals surface area contributed by atoms with E-state index in [9.17, 15) is 24.0 Å². The van der Waals surface area contributed by atoms with Gasteiger partial charge in [-0.3, -0.25) is 24.2 Å². The van der Waals surface area contributed by atoms with E-state index in [1.165, 1.54) is 9.80 Å². The molecule has 4 saturated heterocycles. The molecule has 8 unspecified atom stereocenters. The Balaban J connectivity index is 0.974. The molecule has 2 saturated carbocycles. The normalized spacial score (nSPS) is 34.0. The van der Waals surface area contributed by atoms with Gasteiger partial charge in [0.15, 0.2) is 12.5 Å². The Morgan fingerprint density at radius 3 is 1.70 bits per heavy atom. The first-order valence-electron chi connectivity index (χ1n) is 15.6. The Morgan fingerprint density at radius 1 is 0.674 bits per heavy atom. The standard InChI is InChI=1S/C29H41N3O11/c33-23(34)9-12-31-27-26(43-27)30(10-1-3-24(35)39-15-17-5-7-19-21(13-17)41-19)28(37)32(29(31)38)11-2-4-25(36)40-16-18-6-8-20-22(14-18)42-20/h17-22,26-27H,1-16H2,(H,33,34). The van der Waals surface area contributed by atoms with Crippen molar-refractivity contribution in [3.05, 3.63) is 0 Å². The number of aliphatic carboxylic acids is 1. The number of imide groups is 1. The minimum atomic E-state index is -1.08. The zero-order chi connectivity index (χ0) is 30.1. The molecular weight excluding hydrogens is 566 g/mol. The van der Waals surface area contributed by atoms with Gasteiger partial charge in [0, 0.05) is 32.5 Å². The second-order valence-electron chi connectivity index (χ2n) is 12.5. The van der Waals surface area contributed by atoms with Gasteiger partial charge in [0.1, 0.15) is 0 Å².